The molecule has 3 rings (SSSR count). The summed E-state index contributed by atoms with van der Waals surface area (Å²) in [5, 5.41) is 0. The van der Waals surface area contributed by atoms with E-state index in [1.807, 2.05) is 42.5 Å². The summed E-state index contributed by atoms with van der Waals surface area (Å²) in [5.74, 6) is -0.441. The van der Waals surface area contributed by atoms with Crippen LogP contribution in [0.15, 0.2) is 53.0 Å². The Kier molecular flexibility index (Phi) is 4.93. The smallest absolute Gasteiger partial charge is 0.353 e. The zero-order chi connectivity index (χ0) is 16.4. The van der Waals surface area contributed by atoms with Gasteiger partial charge in [-0.2, -0.15) is 0 Å². The van der Waals surface area contributed by atoms with E-state index in [-0.39, 0.29) is 0 Å². The van der Waals surface area contributed by atoms with E-state index in [0.29, 0.717) is 0 Å². The summed E-state index contributed by atoms with van der Waals surface area (Å²) in [6.45, 7) is 0.764. The van der Waals surface area contributed by atoms with Crippen molar-refractivity contribution in [1.82, 2.24) is 0 Å². The van der Waals surface area contributed by atoms with Crippen LogP contribution in [0.2, 0.25) is 0 Å². The van der Waals surface area contributed by atoms with Crippen molar-refractivity contribution < 1.29 is 13.6 Å². The maximum atomic E-state index is 13.2. The van der Waals surface area contributed by atoms with Gasteiger partial charge in [0.25, 0.3) is 0 Å². The van der Waals surface area contributed by atoms with Crippen molar-refractivity contribution in [3.63, 3.8) is 0 Å². The second-order valence-electron chi connectivity index (χ2n) is 5.40. The van der Waals surface area contributed by atoms with Crippen molar-refractivity contribution in [3.05, 3.63) is 64.1 Å². The second-order valence-corrected chi connectivity index (χ2v) is 8.61. The molecule has 122 valence electrons. The number of fused-ring (bicyclic) bond motifs is 1. The summed E-state index contributed by atoms with van der Waals surface area (Å²) in [7, 11) is -0.417. The fourth-order valence-electron chi connectivity index (χ4n) is 3.06. The third-order valence-corrected chi connectivity index (χ3v) is 6.92. The Morgan fingerprint density at radius 2 is 1.74 bits per heavy atom. The zero-order valence-electron chi connectivity index (χ0n) is 13.1. The Balaban J connectivity index is 2.12. The van der Waals surface area contributed by atoms with Crippen molar-refractivity contribution >= 4 is 29.2 Å². The molecule has 0 N–H and O–H groups in total. The number of anilines is 1. The molecule has 0 aliphatic carbocycles. The summed E-state index contributed by atoms with van der Waals surface area (Å²) in [4.78, 5) is 2.11. The van der Waals surface area contributed by atoms with Gasteiger partial charge in [0.2, 0.25) is 0 Å². The number of rotatable bonds is 4. The van der Waals surface area contributed by atoms with Gasteiger partial charge in [0, 0.05) is 30.9 Å². The topological polar surface area (TPSA) is 38.8 Å². The minimum atomic E-state index is -3.31. The first kappa shape index (κ1) is 16.7. The molecular formula is C17H19BrNO3P. The van der Waals surface area contributed by atoms with Crippen LogP contribution in [0.25, 0.3) is 0 Å². The van der Waals surface area contributed by atoms with Gasteiger partial charge in [-0.05, 0) is 41.8 Å². The Labute approximate surface area is 145 Å². The molecule has 0 saturated carbocycles. The maximum absolute atomic E-state index is 13.2. The van der Waals surface area contributed by atoms with Crippen LogP contribution in [0.5, 0.6) is 0 Å². The van der Waals surface area contributed by atoms with E-state index in [0.717, 1.165) is 28.7 Å². The first-order valence-electron chi connectivity index (χ1n) is 7.40. The van der Waals surface area contributed by atoms with E-state index in [4.69, 9.17) is 9.05 Å². The average Bonchev–Trinajstić information content (AvgIpc) is 2.61. The van der Waals surface area contributed by atoms with Crippen LogP contribution in [0.4, 0.5) is 5.69 Å². The number of hydrogen-bond donors (Lipinski definition) is 0. The minimum absolute atomic E-state index is 0.441. The van der Waals surface area contributed by atoms with Crippen LogP contribution < -0.4 is 4.90 Å². The normalized spacial score (nSPS) is 17.9. The van der Waals surface area contributed by atoms with Crippen LogP contribution in [0.3, 0.4) is 0 Å². The molecule has 6 heteroatoms. The molecule has 0 radical (unpaired) electrons. The molecule has 2 aromatic carbocycles. The summed E-state index contributed by atoms with van der Waals surface area (Å²) >= 11 is 3.45. The highest BCUT2D eigenvalue weighted by Crippen LogP contribution is 2.63. The molecule has 2 aromatic rings. The molecule has 0 spiro atoms. The Bertz CT molecular complexity index is 727. The molecule has 1 atom stereocenters. The Hall–Kier alpha value is -1.13. The van der Waals surface area contributed by atoms with Gasteiger partial charge in [-0.3, -0.25) is 4.57 Å². The fraction of sp³-hybridized carbons (Fsp3) is 0.294. The summed E-state index contributed by atoms with van der Waals surface area (Å²) in [6.07, 6.45) is 0.899. The average molecular weight is 396 g/mol. The van der Waals surface area contributed by atoms with E-state index in [1.54, 1.807) is 0 Å². The molecule has 4 nitrogen and oxygen atoms in total. The van der Waals surface area contributed by atoms with Crippen LogP contribution in [-0.2, 0) is 20.0 Å². The lowest BCUT2D eigenvalue weighted by atomic mass is 9.99. The van der Waals surface area contributed by atoms with Crippen molar-refractivity contribution in [2.24, 2.45) is 0 Å². The van der Waals surface area contributed by atoms with E-state index in [9.17, 15) is 4.57 Å². The SMILES string of the molecule is COP(=O)(OC)C1c2ccccc2CCN1c1ccc(Br)cc1. The lowest BCUT2D eigenvalue weighted by Gasteiger charge is -2.40. The highest BCUT2D eigenvalue weighted by molar-refractivity contribution is 9.10. The van der Waals surface area contributed by atoms with Gasteiger partial charge in [0.1, 0.15) is 0 Å². The van der Waals surface area contributed by atoms with E-state index >= 15 is 0 Å². The van der Waals surface area contributed by atoms with Crippen LogP contribution >= 0.6 is 23.5 Å². The Morgan fingerprint density at radius 1 is 1.09 bits per heavy atom. The molecular weight excluding hydrogens is 377 g/mol. The third-order valence-electron chi connectivity index (χ3n) is 4.22. The molecule has 0 aromatic heterocycles. The first-order valence-corrected chi connectivity index (χ1v) is 9.81. The quantitative estimate of drug-likeness (QED) is 0.683. The monoisotopic (exact) mass is 395 g/mol. The van der Waals surface area contributed by atoms with E-state index < -0.39 is 13.4 Å². The van der Waals surface area contributed by atoms with Gasteiger partial charge in [-0.25, -0.2) is 0 Å². The van der Waals surface area contributed by atoms with Gasteiger partial charge >= 0.3 is 7.60 Å². The summed E-state index contributed by atoms with van der Waals surface area (Å²) in [5.41, 5.74) is 3.20. The summed E-state index contributed by atoms with van der Waals surface area (Å²) in [6, 6.07) is 16.1. The standard InChI is InChI=1S/C17H19BrNO3P/c1-21-23(20,22-2)17-16-6-4-3-5-13(16)11-12-19(17)15-9-7-14(18)8-10-15/h3-10,17H,11-12H2,1-2H3. The van der Waals surface area contributed by atoms with Crippen LogP contribution in [-0.4, -0.2) is 20.8 Å². The predicted octanol–water partition coefficient (Wildman–Crippen LogP) is 5.00. The van der Waals surface area contributed by atoms with Crippen molar-refractivity contribution in [2.75, 3.05) is 25.7 Å². The largest absolute Gasteiger partial charge is 0.356 e. The number of hydrogen-bond acceptors (Lipinski definition) is 4. The summed E-state index contributed by atoms with van der Waals surface area (Å²) < 4.78 is 24.9. The molecule has 1 aliphatic rings. The van der Waals surface area contributed by atoms with Gasteiger partial charge < -0.3 is 13.9 Å². The third kappa shape index (κ3) is 3.11. The highest BCUT2D eigenvalue weighted by atomic mass is 79.9. The Morgan fingerprint density at radius 3 is 2.39 bits per heavy atom. The zero-order valence-corrected chi connectivity index (χ0v) is 15.6. The number of benzene rings is 2. The molecule has 23 heavy (non-hydrogen) atoms. The van der Waals surface area contributed by atoms with Gasteiger partial charge in [-0.15, -0.1) is 0 Å². The van der Waals surface area contributed by atoms with Crippen LogP contribution in [0, 0.1) is 0 Å². The molecule has 0 saturated heterocycles. The minimum Gasteiger partial charge on any atom is -0.353 e. The maximum Gasteiger partial charge on any atom is 0.356 e. The van der Waals surface area contributed by atoms with Crippen molar-refractivity contribution in [1.29, 1.82) is 0 Å². The van der Waals surface area contributed by atoms with Gasteiger partial charge in [0.05, 0.1) is 0 Å². The molecule has 1 unspecified atom stereocenters. The van der Waals surface area contributed by atoms with Gasteiger partial charge in [0.15, 0.2) is 5.78 Å². The van der Waals surface area contributed by atoms with E-state index in [2.05, 4.69) is 26.9 Å². The van der Waals surface area contributed by atoms with E-state index in [1.165, 1.54) is 19.8 Å². The lowest BCUT2D eigenvalue weighted by Crippen LogP contribution is -2.36. The first-order chi connectivity index (χ1) is 11.1. The molecule has 1 heterocycles. The van der Waals surface area contributed by atoms with Crippen molar-refractivity contribution in [3.8, 4) is 0 Å². The fourth-order valence-corrected chi connectivity index (χ4v) is 5.06. The number of halogens is 1. The molecule has 0 bridgehead atoms. The van der Waals surface area contributed by atoms with Crippen molar-refractivity contribution in [2.45, 2.75) is 12.2 Å². The van der Waals surface area contributed by atoms with Gasteiger partial charge in [-0.1, -0.05) is 40.2 Å². The molecule has 0 amide bonds. The van der Waals surface area contributed by atoms with Crippen LogP contribution in [0.1, 0.15) is 16.9 Å². The highest BCUT2D eigenvalue weighted by Gasteiger charge is 2.43. The lowest BCUT2D eigenvalue weighted by molar-refractivity contribution is 0.263. The predicted molar refractivity (Wildman–Crippen MR) is 96.0 cm³/mol. The molecule has 1 aliphatic heterocycles. The second kappa shape index (κ2) is 6.78. The number of nitrogens with zero attached hydrogens (tertiary/aromatic N) is 1. The molecule has 0 fully saturated rings.